The number of likely N-dealkylation sites (N-methyl/N-ethyl adjacent to an activating group) is 1. The predicted octanol–water partition coefficient (Wildman–Crippen LogP) is 3.36. The second kappa shape index (κ2) is 10.6. The molecule has 0 radical (unpaired) electrons. The zero-order valence-corrected chi connectivity index (χ0v) is 18.2. The van der Waals surface area contributed by atoms with Crippen molar-refractivity contribution < 1.29 is 23.9 Å². The average Bonchev–Trinajstić information content (AvgIpc) is 2.50. The monoisotopic (exact) mass is 385 g/mol. The molecule has 150 valence electrons. The summed E-state index contributed by atoms with van der Waals surface area (Å²) in [7, 11) is -0.543. The van der Waals surface area contributed by atoms with Crippen molar-refractivity contribution in [1.29, 1.82) is 0 Å². The third kappa shape index (κ3) is 7.84. The Morgan fingerprint density at radius 2 is 1.88 bits per heavy atom. The Morgan fingerprint density at radius 3 is 2.31 bits per heavy atom. The van der Waals surface area contributed by atoms with E-state index < -0.39 is 32.4 Å². The smallest absolute Gasteiger partial charge is 0.330 e. The van der Waals surface area contributed by atoms with Crippen LogP contribution >= 0.6 is 0 Å². The summed E-state index contributed by atoms with van der Waals surface area (Å²) < 4.78 is 11.3. The van der Waals surface area contributed by atoms with E-state index in [1.807, 2.05) is 6.92 Å². The third-order valence-corrected chi connectivity index (χ3v) is 9.28. The van der Waals surface area contributed by atoms with Crippen LogP contribution in [-0.2, 0) is 18.8 Å². The van der Waals surface area contributed by atoms with Crippen molar-refractivity contribution in [3.05, 3.63) is 24.8 Å². The number of allylic oxidation sites excluding steroid dienone is 1. The number of esters is 1. The fourth-order valence-corrected chi connectivity index (χ4v) is 3.56. The van der Waals surface area contributed by atoms with Crippen molar-refractivity contribution in [3.63, 3.8) is 0 Å². The molecule has 0 aliphatic carbocycles. The van der Waals surface area contributed by atoms with Gasteiger partial charge in [-0.05, 0) is 37.5 Å². The maximum atomic E-state index is 11.7. The summed E-state index contributed by atoms with van der Waals surface area (Å²) in [5, 5.41) is 12.4. The van der Waals surface area contributed by atoms with Crippen molar-refractivity contribution in [2.24, 2.45) is 5.92 Å². The van der Waals surface area contributed by atoms with E-state index in [1.54, 1.807) is 13.1 Å². The van der Waals surface area contributed by atoms with E-state index in [-0.39, 0.29) is 17.6 Å². The lowest BCUT2D eigenvalue weighted by Crippen LogP contribution is -2.55. The number of carbonyl (C=O) groups is 2. The molecule has 0 aromatic carbocycles. The van der Waals surface area contributed by atoms with Gasteiger partial charge in [-0.2, -0.15) is 0 Å². The summed E-state index contributed by atoms with van der Waals surface area (Å²) in [6, 6.07) is -0.819. The Kier molecular flexibility index (Phi) is 10.1. The van der Waals surface area contributed by atoms with Gasteiger partial charge in [0.15, 0.2) is 8.32 Å². The van der Waals surface area contributed by atoms with Crippen LogP contribution in [-0.4, -0.2) is 51.2 Å². The molecule has 0 rings (SSSR count). The van der Waals surface area contributed by atoms with E-state index in [9.17, 15) is 14.7 Å². The second-order valence-corrected chi connectivity index (χ2v) is 12.7. The zero-order chi connectivity index (χ0) is 20.5. The van der Waals surface area contributed by atoms with E-state index in [0.29, 0.717) is 6.42 Å². The summed E-state index contributed by atoms with van der Waals surface area (Å²) in [5.74, 6) is -1.49. The van der Waals surface area contributed by atoms with Crippen LogP contribution in [0.5, 0.6) is 0 Å². The van der Waals surface area contributed by atoms with Crippen molar-refractivity contribution >= 4 is 20.3 Å². The summed E-state index contributed by atoms with van der Waals surface area (Å²) in [6.45, 7) is 16.1. The van der Waals surface area contributed by atoms with Crippen molar-refractivity contribution in [2.45, 2.75) is 64.4 Å². The number of carbonyl (C=O) groups excluding carboxylic acids is 1. The molecule has 0 saturated carbocycles. The summed E-state index contributed by atoms with van der Waals surface area (Å²) in [5.41, 5.74) is 0. The number of carboxylic acids is 1. The largest absolute Gasteiger partial charge is 0.480 e. The van der Waals surface area contributed by atoms with E-state index >= 15 is 0 Å². The molecule has 3 atom stereocenters. The highest BCUT2D eigenvalue weighted by Gasteiger charge is 2.43. The van der Waals surface area contributed by atoms with Gasteiger partial charge in [0.1, 0.15) is 12.6 Å². The molecule has 26 heavy (non-hydrogen) atoms. The van der Waals surface area contributed by atoms with Crippen molar-refractivity contribution in [3.8, 4) is 0 Å². The van der Waals surface area contributed by atoms with Crippen molar-refractivity contribution in [2.75, 3.05) is 13.7 Å². The van der Waals surface area contributed by atoms with Crippen LogP contribution in [0, 0.1) is 5.92 Å². The number of aliphatic carboxylic acids is 1. The topological polar surface area (TPSA) is 84.9 Å². The number of hydrogen-bond acceptors (Lipinski definition) is 5. The molecule has 0 aliphatic rings. The quantitative estimate of drug-likeness (QED) is 0.245. The van der Waals surface area contributed by atoms with E-state index in [1.165, 1.54) is 12.2 Å². The van der Waals surface area contributed by atoms with Gasteiger partial charge in [0.25, 0.3) is 0 Å². The van der Waals surface area contributed by atoms with Gasteiger partial charge in [-0.25, -0.2) is 4.79 Å². The van der Waals surface area contributed by atoms with E-state index in [4.69, 9.17) is 9.16 Å². The molecule has 0 bridgehead atoms. The number of carboxylic acid groups (broad SMARTS) is 1. The van der Waals surface area contributed by atoms with Crippen molar-refractivity contribution in [1.82, 2.24) is 5.32 Å². The molecule has 0 aliphatic heterocycles. The summed E-state index contributed by atoms with van der Waals surface area (Å²) in [4.78, 5) is 23.2. The fourth-order valence-electron chi connectivity index (χ4n) is 2.16. The molecule has 0 aromatic heterocycles. The average molecular weight is 386 g/mol. The minimum Gasteiger partial charge on any atom is -0.480 e. The molecule has 7 heteroatoms. The molecule has 0 saturated heterocycles. The SMILES string of the molecule is C=CCOC(=O)/C=C/CC(C)C(O[Si](C)(C)C(C)(C)C)C(NC)C(=O)O. The van der Waals surface area contributed by atoms with Crippen LogP contribution in [0.15, 0.2) is 24.8 Å². The lowest BCUT2D eigenvalue weighted by atomic mass is 9.94. The highest BCUT2D eigenvalue weighted by molar-refractivity contribution is 6.74. The Labute approximate surface area is 158 Å². The van der Waals surface area contributed by atoms with Crippen LogP contribution in [0.25, 0.3) is 0 Å². The first-order valence-corrected chi connectivity index (χ1v) is 11.8. The minimum absolute atomic E-state index is 0.0356. The normalized spacial score (nSPS) is 16.1. The number of nitrogens with one attached hydrogen (secondary N) is 1. The standard InChI is InChI=1S/C19H35NO5Si/c1-9-13-24-15(21)12-10-11-14(2)17(16(20-6)18(22)23)25-26(7,8)19(3,4)5/h9-10,12,14,16-17,20H,1,11,13H2,2-8H3,(H,22,23)/b12-10+. The maximum absolute atomic E-state index is 11.7. The third-order valence-electron chi connectivity index (χ3n) is 4.81. The van der Waals surface area contributed by atoms with E-state index in [2.05, 4.69) is 45.8 Å². The maximum Gasteiger partial charge on any atom is 0.330 e. The highest BCUT2D eigenvalue weighted by Crippen LogP contribution is 2.38. The molecule has 0 aromatic rings. The molecule has 2 N–H and O–H groups in total. The molecular formula is C19H35NO5Si. The van der Waals surface area contributed by atoms with Gasteiger partial charge in [0.2, 0.25) is 0 Å². The van der Waals surface area contributed by atoms with Crippen LogP contribution in [0.4, 0.5) is 0 Å². The summed E-state index contributed by atoms with van der Waals surface area (Å²) >= 11 is 0. The molecule has 0 fully saturated rings. The van der Waals surface area contributed by atoms with Gasteiger partial charge in [-0.3, -0.25) is 4.79 Å². The number of ether oxygens (including phenoxy) is 1. The first kappa shape index (κ1) is 24.6. The lowest BCUT2D eigenvalue weighted by Gasteiger charge is -2.42. The van der Waals surface area contributed by atoms with Gasteiger partial charge < -0.3 is 19.6 Å². The second-order valence-electron chi connectivity index (χ2n) is 7.98. The molecular weight excluding hydrogens is 350 g/mol. The van der Waals surface area contributed by atoms with E-state index in [0.717, 1.165) is 0 Å². The van der Waals surface area contributed by atoms with Crippen LogP contribution in [0.1, 0.15) is 34.1 Å². The first-order valence-electron chi connectivity index (χ1n) is 8.89. The number of hydrogen-bond donors (Lipinski definition) is 2. The molecule has 0 spiro atoms. The van der Waals surface area contributed by atoms with Crippen LogP contribution in [0.2, 0.25) is 18.1 Å². The van der Waals surface area contributed by atoms with Gasteiger partial charge >= 0.3 is 11.9 Å². The Hall–Kier alpha value is -1.44. The lowest BCUT2D eigenvalue weighted by molar-refractivity contribution is -0.143. The predicted molar refractivity (Wildman–Crippen MR) is 107 cm³/mol. The van der Waals surface area contributed by atoms with Gasteiger partial charge in [-0.1, -0.05) is 46.4 Å². The Balaban J connectivity index is 5.27. The van der Waals surface area contributed by atoms with Gasteiger partial charge in [0.05, 0.1) is 6.10 Å². The number of rotatable bonds is 11. The van der Waals surface area contributed by atoms with Gasteiger partial charge in [-0.15, -0.1) is 0 Å². The molecule has 0 heterocycles. The summed E-state index contributed by atoms with van der Waals surface area (Å²) in [6.07, 6.45) is 4.56. The molecule has 6 nitrogen and oxygen atoms in total. The minimum atomic E-state index is -2.16. The fraction of sp³-hybridized carbons (Fsp3) is 0.684. The Morgan fingerprint density at radius 1 is 1.31 bits per heavy atom. The highest BCUT2D eigenvalue weighted by atomic mass is 28.4. The zero-order valence-electron chi connectivity index (χ0n) is 17.2. The first-order chi connectivity index (χ1) is 11.9. The van der Waals surface area contributed by atoms with Gasteiger partial charge in [0, 0.05) is 6.08 Å². The molecule has 3 unspecified atom stereocenters. The Bertz CT molecular complexity index is 511. The molecule has 0 amide bonds. The van der Waals surface area contributed by atoms with Crippen LogP contribution < -0.4 is 5.32 Å². The van der Waals surface area contributed by atoms with Crippen LogP contribution in [0.3, 0.4) is 0 Å².